The van der Waals surface area contributed by atoms with E-state index in [2.05, 4.69) is 29.5 Å². The first-order valence-electron chi connectivity index (χ1n) is 13.4. The van der Waals surface area contributed by atoms with Crippen molar-refractivity contribution in [3.8, 4) is 11.5 Å². The Balaban J connectivity index is 1.45. The number of aryl methyl sites for hydroxylation is 2. The molecule has 1 aromatic heterocycles. The highest BCUT2D eigenvalue weighted by atomic mass is 16.5. The lowest BCUT2D eigenvalue weighted by atomic mass is 9.86. The third kappa shape index (κ3) is 4.91. The van der Waals surface area contributed by atoms with Crippen LogP contribution in [-0.4, -0.2) is 52.3 Å². The third-order valence-electron chi connectivity index (χ3n) is 8.03. The van der Waals surface area contributed by atoms with Crippen molar-refractivity contribution < 1.29 is 19.1 Å². The standard InChI is InChI=1S/C31H36N4O4/c1-6-28(36)34-14-11-20(12-15-34)13-16-35-26-17-21(7-8-22(26)19(2)33-35)25-18-24-27(39-31(25,3)4)10-9-23(30(32)37)29(24)38-5/h6-10,17-18,20H,1,11-16H2,2-5H3,(H2,32,37). The van der Waals surface area contributed by atoms with Gasteiger partial charge in [-0.3, -0.25) is 14.3 Å². The average molecular weight is 529 g/mol. The molecule has 0 spiro atoms. The van der Waals surface area contributed by atoms with Gasteiger partial charge in [0.2, 0.25) is 5.91 Å². The zero-order chi connectivity index (χ0) is 27.9. The number of benzene rings is 2. The number of hydrogen-bond acceptors (Lipinski definition) is 5. The number of piperidine rings is 1. The zero-order valence-electron chi connectivity index (χ0n) is 23.1. The molecule has 5 rings (SSSR count). The molecule has 0 radical (unpaired) electrons. The van der Waals surface area contributed by atoms with Crippen LogP contribution in [0, 0.1) is 12.8 Å². The predicted octanol–water partition coefficient (Wildman–Crippen LogP) is 4.98. The van der Waals surface area contributed by atoms with Crippen molar-refractivity contribution in [1.29, 1.82) is 0 Å². The number of rotatable bonds is 7. The largest absolute Gasteiger partial charge is 0.495 e. The average Bonchev–Trinajstić information content (AvgIpc) is 3.24. The summed E-state index contributed by atoms with van der Waals surface area (Å²) in [5.74, 6) is 1.08. The Morgan fingerprint density at radius 3 is 2.64 bits per heavy atom. The van der Waals surface area contributed by atoms with Gasteiger partial charge in [-0.15, -0.1) is 0 Å². The third-order valence-corrected chi connectivity index (χ3v) is 8.03. The normalized spacial score (nSPS) is 16.8. The van der Waals surface area contributed by atoms with Crippen LogP contribution < -0.4 is 15.2 Å². The summed E-state index contributed by atoms with van der Waals surface area (Å²) in [7, 11) is 1.53. The molecule has 2 aliphatic rings. The molecule has 2 aromatic carbocycles. The zero-order valence-corrected chi connectivity index (χ0v) is 23.1. The number of nitrogens with zero attached hydrogens (tertiary/aromatic N) is 3. The first kappa shape index (κ1) is 26.5. The van der Waals surface area contributed by atoms with Crippen molar-refractivity contribution in [3.05, 3.63) is 65.4 Å². The van der Waals surface area contributed by atoms with E-state index < -0.39 is 11.5 Å². The fourth-order valence-corrected chi connectivity index (χ4v) is 5.85. The molecule has 2 amide bonds. The van der Waals surface area contributed by atoms with E-state index in [0.29, 0.717) is 28.5 Å². The molecule has 2 N–H and O–H groups in total. The second kappa shape index (κ2) is 10.2. The minimum absolute atomic E-state index is 0.0182. The maximum atomic E-state index is 12.0. The SMILES string of the molecule is C=CC(=O)N1CCC(CCn2nc(C)c3ccc(C4=Cc5c(ccc(C(N)=O)c5OC)OC4(C)C)cc32)CC1. The number of amides is 2. The van der Waals surface area contributed by atoms with Gasteiger partial charge in [-0.05, 0) is 81.9 Å². The van der Waals surface area contributed by atoms with E-state index >= 15 is 0 Å². The van der Waals surface area contributed by atoms with Crippen molar-refractivity contribution in [3.63, 3.8) is 0 Å². The number of likely N-dealkylation sites (tertiary alicyclic amines) is 1. The summed E-state index contributed by atoms with van der Waals surface area (Å²) in [6, 6.07) is 9.80. The van der Waals surface area contributed by atoms with Crippen LogP contribution in [0.15, 0.2) is 43.0 Å². The van der Waals surface area contributed by atoms with Crippen LogP contribution in [0.3, 0.4) is 0 Å². The number of carbonyl (C=O) groups excluding carboxylic acids is 2. The maximum Gasteiger partial charge on any atom is 0.252 e. The van der Waals surface area contributed by atoms with Gasteiger partial charge in [-0.25, -0.2) is 0 Å². The Kier molecular flexibility index (Phi) is 6.97. The molecule has 0 bridgehead atoms. The number of aromatic nitrogens is 2. The molecule has 0 atom stereocenters. The number of carbonyl (C=O) groups is 2. The van der Waals surface area contributed by atoms with E-state index in [4.69, 9.17) is 20.3 Å². The molecule has 8 heteroatoms. The molecule has 0 unspecified atom stereocenters. The Hall–Kier alpha value is -4.07. The minimum Gasteiger partial charge on any atom is -0.495 e. The smallest absolute Gasteiger partial charge is 0.252 e. The summed E-state index contributed by atoms with van der Waals surface area (Å²) in [6.45, 7) is 12.1. The lowest BCUT2D eigenvalue weighted by Gasteiger charge is -2.35. The molecular formula is C31H36N4O4. The van der Waals surface area contributed by atoms with Crippen molar-refractivity contribution in [1.82, 2.24) is 14.7 Å². The lowest BCUT2D eigenvalue weighted by molar-refractivity contribution is -0.127. The van der Waals surface area contributed by atoms with Crippen LogP contribution in [0.25, 0.3) is 22.6 Å². The van der Waals surface area contributed by atoms with Gasteiger partial charge < -0.3 is 20.1 Å². The van der Waals surface area contributed by atoms with Gasteiger partial charge in [-0.1, -0.05) is 18.7 Å². The Morgan fingerprint density at radius 2 is 1.97 bits per heavy atom. The number of nitrogens with two attached hydrogens (primary N) is 1. The summed E-state index contributed by atoms with van der Waals surface area (Å²) in [6.07, 6.45) is 6.44. The molecule has 3 aromatic rings. The Bertz CT molecular complexity index is 1490. The summed E-state index contributed by atoms with van der Waals surface area (Å²) in [4.78, 5) is 25.8. The molecule has 3 heterocycles. The first-order chi connectivity index (χ1) is 18.6. The topological polar surface area (TPSA) is 99.7 Å². The van der Waals surface area contributed by atoms with Crippen LogP contribution in [0.5, 0.6) is 11.5 Å². The lowest BCUT2D eigenvalue weighted by Crippen LogP contribution is -2.37. The summed E-state index contributed by atoms with van der Waals surface area (Å²) >= 11 is 0. The van der Waals surface area contributed by atoms with Crippen molar-refractivity contribution in [2.24, 2.45) is 11.7 Å². The monoisotopic (exact) mass is 528 g/mol. The van der Waals surface area contributed by atoms with Crippen LogP contribution in [-0.2, 0) is 11.3 Å². The molecule has 0 saturated carbocycles. The molecule has 8 nitrogen and oxygen atoms in total. The number of methoxy groups -OCH3 is 1. The second-order valence-corrected chi connectivity index (χ2v) is 10.9. The predicted molar refractivity (Wildman–Crippen MR) is 153 cm³/mol. The fraction of sp³-hybridized carbons (Fsp3) is 0.387. The van der Waals surface area contributed by atoms with E-state index in [0.717, 1.165) is 66.6 Å². The van der Waals surface area contributed by atoms with Crippen LogP contribution in [0.4, 0.5) is 0 Å². The van der Waals surface area contributed by atoms with Crippen LogP contribution >= 0.6 is 0 Å². The highest BCUT2D eigenvalue weighted by molar-refractivity contribution is 6.00. The summed E-state index contributed by atoms with van der Waals surface area (Å²) in [5, 5.41) is 5.98. The first-order valence-corrected chi connectivity index (χ1v) is 13.4. The van der Waals surface area contributed by atoms with Crippen molar-refractivity contribution in [2.75, 3.05) is 20.2 Å². The van der Waals surface area contributed by atoms with Gasteiger partial charge >= 0.3 is 0 Å². The maximum absolute atomic E-state index is 12.0. The molecule has 39 heavy (non-hydrogen) atoms. The van der Waals surface area contributed by atoms with Crippen molar-refractivity contribution in [2.45, 2.75) is 52.2 Å². The van der Waals surface area contributed by atoms with Gasteiger partial charge in [-0.2, -0.15) is 5.10 Å². The van der Waals surface area contributed by atoms with Crippen LogP contribution in [0.1, 0.15) is 60.3 Å². The summed E-state index contributed by atoms with van der Waals surface area (Å²) in [5.41, 5.74) is 10.1. The van der Waals surface area contributed by atoms with Gasteiger partial charge in [0.25, 0.3) is 5.91 Å². The van der Waals surface area contributed by atoms with Gasteiger partial charge in [0, 0.05) is 30.6 Å². The molecule has 0 aliphatic carbocycles. The highest BCUT2D eigenvalue weighted by Crippen LogP contribution is 2.45. The van der Waals surface area contributed by atoms with E-state index in [1.165, 1.54) is 13.2 Å². The molecule has 1 fully saturated rings. The molecule has 204 valence electrons. The fourth-order valence-electron chi connectivity index (χ4n) is 5.85. The van der Waals surface area contributed by atoms with Crippen molar-refractivity contribution >= 4 is 34.4 Å². The number of hydrogen-bond donors (Lipinski definition) is 1. The molecule has 2 aliphatic heterocycles. The van der Waals surface area contributed by atoms with Gasteiger partial charge in [0.1, 0.15) is 17.1 Å². The Labute approximate surface area is 229 Å². The van der Waals surface area contributed by atoms with E-state index in [1.807, 2.05) is 31.7 Å². The minimum atomic E-state index is -0.614. The van der Waals surface area contributed by atoms with E-state index in [-0.39, 0.29) is 5.91 Å². The van der Waals surface area contributed by atoms with Crippen LogP contribution in [0.2, 0.25) is 0 Å². The Morgan fingerprint density at radius 1 is 1.23 bits per heavy atom. The molecule has 1 saturated heterocycles. The van der Waals surface area contributed by atoms with Gasteiger partial charge in [0.15, 0.2) is 0 Å². The molecular weight excluding hydrogens is 492 g/mol. The van der Waals surface area contributed by atoms with E-state index in [9.17, 15) is 9.59 Å². The quantitative estimate of drug-likeness (QED) is 0.436. The number of primary amides is 1. The van der Waals surface area contributed by atoms with E-state index in [1.54, 1.807) is 12.1 Å². The number of ether oxygens (including phenoxy) is 2. The number of fused-ring (bicyclic) bond motifs is 2. The highest BCUT2D eigenvalue weighted by Gasteiger charge is 2.34. The summed E-state index contributed by atoms with van der Waals surface area (Å²) < 4.78 is 14.1. The second-order valence-electron chi connectivity index (χ2n) is 10.9. The van der Waals surface area contributed by atoms with Gasteiger partial charge in [0.05, 0.1) is 29.4 Å².